The lowest BCUT2D eigenvalue weighted by Gasteiger charge is -2.16. The lowest BCUT2D eigenvalue weighted by Crippen LogP contribution is -2.28. The van der Waals surface area contributed by atoms with Gasteiger partial charge in [0, 0.05) is 17.0 Å². The van der Waals surface area contributed by atoms with E-state index in [1.807, 2.05) is 17.5 Å². The minimum atomic E-state index is -0.430. The van der Waals surface area contributed by atoms with E-state index < -0.39 is 5.82 Å². The number of carbonyl (C=O) groups excluding carboxylic acids is 1. The molecule has 0 aliphatic heterocycles. The van der Waals surface area contributed by atoms with Crippen molar-refractivity contribution in [1.82, 2.24) is 15.5 Å². The van der Waals surface area contributed by atoms with Gasteiger partial charge < -0.3 is 10.4 Å². The summed E-state index contributed by atoms with van der Waals surface area (Å²) in [4.78, 5) is 13.6. The molecule has 0 radical (unpaired) electrons. The van der Waals surface area contributed by atoms with Crippen molar-refractivity contribution in [2.75, 3.05) is 6.61 Å². The first kappa shape index (κ1) is 16.4. The van der Waals surface area contributed by atoms with Gasteiger partial charge in [-0.3, -0.25) is 9.89 Å². The van der Waals surface area contributed by atoms with Crippen LogP contribution in [0.15, 0.2) is 48.0 Å². The van der Waals surface area contributed by atoms with Crippen LogP contribution in [-0.4, -0.2) is 27.8 Å². The molecule has 1 amide bonds. The highest BCUT2D eigenvalue weighted by Gasteiger charge is 2.21. The molecule has 0 spiro atoms. The summed E-state index contributed by atoms with van der Waals surface area (Å²) in [6.45, 7) is -0.0472. The Hall–Kier alpha value is -2.51. The summed E-state index contributed by atoms with van der Waals surface area (Å²) in [5, 5.41) is 20.6. The fraction of sp³-hybridized carbons (Fsp3) is 0.176. The van der Waals surface area contributed by atoms with Crippen LogP contribution in [0, 0.1) is 5.82 Å². The van der Waals surface area contributed by atoms with Crippen molar-refractivity contribution in [2.24, 2.45) is 0 Å². The molecule has 1 aromatic carbocycles. The van der Waals surface area contributed by atoms with Crippen LogP contribution in [0.2, 0.25) is 0 Å². The van der Waals surface area contributed by atoms with E-state index in [1.54, 1.807) is 18.2 Å². The average molecular weight is 345 g/mol. The molecular weight excluding hydrogens is 329 g/mol. The van der Waals surface area contributed by atoms with E-state index in [0.717, 1.165) is 4.88 Å². The Morgan fingerprint density at radius 3 is 2.88 bits per heavy atom. The molecule has 5 nitrogen and oxygen atoms in total. The third kappa shape index (κ3) is 3.37. The zero-order chi connectivity index (χ0) is 16.9. The Balaban J connectivity index is 1.86. The van der Waals surface area contributed by atoms with Crippen LogP contribution < -0.4 is 5.32 Å². The number of hydrogen-bond donors (Lipinski definition) is 3. The van der Waals surface area contributed by atoms with Gasteiger partial charge >= 0.3 is 0 Å². The molecule has 0 saturated carbocycles. The Bertz CT molecular complexity index is 817. The van der Waals surface area contributed by atoms with Gasteiger partial charge in [-0.2, -0.15) is 5.10 Å². The largest absolute Gasteiger partial charge is 0.396 e. The number of H-pyrrole nitrogens is 1. The van der Waals surface area contributed by atoms with Gasteiger partial charge in [0.25, 0.3) is 5.91 Å². The number of nitrogens with zero attached hydrogens (tertiary/aromatic N) is 1. The van der Waals surface area contributed by atoms with Gasteiger partial charge in [0.05, 0.1) is 23.5 Å². The Labute approximate surface area is 142 Å². The Kier molecular flexibility index (Phi) is 5.02. The van der Waals surface area contributed by atoms with Gasteiger partial charge in [0.15, 0.2) is 0 Å². The van der Waals surface area contributed by atoms with Gasteiger partial charge in [0.2, 0.25) is 0 Å². The SMILES string of the molecule is O=C(NC(CCO)c1cccs1)c1cn[nH]c1-c1ccccc1F. The molecule has 1 unspecified atom stereocenters. The second-order valence-electron chi connectivity index (χ2n) is 5.19. The maximum Gasteiger partial charge on any atom is 0.255 e. The van der Waals surface area contributed by atoms with Crippen molar-refractivity contribution >= 4 is 17.2 Å². The van der Waals surface area contributed by atoms with E-state index in [0.29, 0.717) is 12.1 Å². The number of halogens is 1. The molecular formula is C17H16FN3O2S. The van der Waals surface area contributed by atoms with E-state index in [-0.39, 0.29) is 29.7 Å². The van der Waals surface area contributed by atoms with E-state index in [9.17, 15) is 14.3 Å². The van der Waals surface area contributed by atoms with E-state index in [2.05, 4.69) is 15.5 Å². The molecule has 1 atom stereocenters. The normalized spacial score (nSPS) is 12.1. The maximum absolute atomic E-state index is 14.0. The highest BCUT2D eigenvalue weighted by atomic mass is 32.1. The number of carbonyl (C=O) groups is 1. The molecule has 7 heteroatoms. The van der Waals surface area contributed by atoms with Crippen molar-refractivity contribution < 1.29 is 14.3 Å². The van der Waals surface area contributed by atoms with Gasteiger partial charge in [-0.1, -0.05) is 18.2 Å². The predicted molar refractivity (Wildman–Crippen MR) is 90.2 cm³/mol. The number of amides is 1. The number of hydrogen-bond acceptors (Lipinski definition) is 4. The molecule has 0 aliphatic carbocycles. The summed E-state index contributed by atoms with van der Waals surface area (Å²) in [7, 11) is 0. The van der Waals surface area contributed by atoms with E-state index >= 15 is 0 Å². The predicted octanol–water partition coefficient (Wildman–Crippen LogP) is 3.13. The van der Waals surface area contributed by atoms with Gasteiger partial charge in [-0.05, 0) is 30.0 Å². The molecule has 3 rings (SSSR count). The molecule has 3 N–H and O–H groups in total. The quantitative estimate of drug-likeness (QED) is 0.642. The van der Waals surface area contributed by atoms with Crippen LogP contribution in [0.3, 0.4) is 0 Å². The summed E-state index contributed by atoms with van der Waals surface area (Å²) in [6, 6.07) is 9.69. The van der Waals surface area contributed by atoms with Crippen LogP contribution in [0.25, 0.3) is 11.3 Å². The summed E-state index contributed by atoms with van der Waals surface area (Å²) in [5.41, 5.74) is 0.883. The van der Waals surface area contributed by atoms with Crippen LogP contribution in [0.5, 0.6) is 0 Å². The second-order valence-corrected chi connectivity index (χ2v) is 6.17. The lowest BCUT2D eigenvalue weighted by molar-refractivity contribution is 0.0931. The van der Waals surface area contributed by atoms with Crippen molar-refractivity contribution in [3.05, 3.63) is 64.2 Å². The van der Waals surface area contributed by atoms with E-state index in [1.165, 1.54) is 23.6 Å². The third-order valence-electron chi connectivity index (χ3n) is 3.64. The smallest absolute Gasteiger partial charge is 0.255 e. The summed E-state index contributed by atoms with van der Waals surface area (Å²) >= 11 is 1.50. The highest BCUT2D eigenvalue weighted by molar-refractivity contribution is 7.10. The second kappa shape index (κ2) is 7.37. The molecule has 0 aliphatic rings. The maximum atomic E-state index is 14.0. The lowest BCUT2D eigenvalue weighted by atomic mass is 10.1. The topological polar surface area (TPSA) is 78.0 Å². The molecule has 2 heterocycles. The summed E-state index contributed by atoms with van der Waals surface area (Å²) < 4.78 is 14.0. The van der Waals surface area contributed by atoms with Gasteiger partial charge in [-0.25, -0.2) is 4.39 Å². The zero-order valence-electron chi connectivity index (χ0n) is 12.7. The molecule has 124 valence electrons. The summed E-state index contributed by atoms with van der Waals surface area (Å²) in [6.07, 6.45) is 1.78. The third-order valence-corrected chi connectivity index (χ3v) is 4.62. The first-order valence-electron chi connectivity index (χ1n) is 7.44. The first-order valence-corrected chi connectivity index (χ1v) is 8.32. The fourth-order valence-corrected chi connectivity index (χ4v) is 3.28. The number of aromatic nitrogens is 2. The van der Waals surface area contributed by atoms with Crippen molar-refractivity contribution in [1.29, 1.82) is 0 Å². The Morgan fingerprint density at radius 1 is 1.33 bits per heavy atom. The molecule has 2 aromatic heterocycles. The average Bonchev–Trinajstić information content (AvgIpc) is 3.26. The standard InChI is InChI=1S/C17H16FN3O2S/c18-13-5-2-1-4-11(13)16-12(10-19-21-16)17(23)20-14(7-8-22)15-6-3-9-24-15/h1-6,9-10,14,22H,7-8H2,(H,19,21)(H,20,23). The number of aliphatic hydroxyl groups is 1. The van der Waals surface area contributed by atoms with Gasteiger partial charge in [0.1, 0.15) is 5.82 Å². The molecule has 3 aromatic rings. The minimum absolute atomic E-state index is 0.0472. The van der Waals surface area contributed by atoms with Crippen LogP contribution >= 0.6 is 11.3 Å². The number of thiophene rings is 1. The minimum Gasteiger partial charge on any atom is -0.396 e. The molecule has 0 bridgehead atoms. The fourth-order valence-electron chi connectivity index (χ4n) is 2.47. The number of nitrogens with one attached hydrogen (secondary N) is 2. The highest BCUT2D eigenvalue weighted by Crippen LogP contribution is 2.26. The number of benzene rings is 1. The number of aromatic amines is 1. The molecule has 0 saturated heterocycles. The molecule has 0 fully saturated rings. The number of rotatable bonds is 6. The van der Waals surface area contributed by atoms with E-state index in [4.69, 9.17) is 0 Å². The van der Waals surface area contributed by atoms with Crippen LogP contribution in [0.4, 0.5) is 4.39 Å². The van der Waals surface area contributed by atoms with Crippen LogP contribution in [0.1, 0.15) is 27.7 Å². The number of aliphatic hydroxyl groups excluding tert-OH is 1. The van der Waals surface area contributed by atoms with Crippen molar-refractivity contribution in [3.8, 4) is 11.3 Å². The van der Waals surface area contributed by atoms with Gasteiger partial charge in [-0.15, -0.1) is 11.3 Å². The summed E-state index contributed by atoms with van der Waals surface area (Å²) in [5.74, 6) is -0.796. The zero-order valence-corrected chi connectivity index (χ0v) is 13.5. The van der Waals surface area contributed by atoms with Crippen molar-refractivity contribution in [3.63, 3.8) is 0 Å². The Morgan fingerprint density at radius 2 is 2.17 bits per heavy atom. The first-order chi connectivity index (χ1) is 11.7. The van der Waals surface area contributed by atoms with Crippen molar-refractivity contribution in [2.45, 2.75) is 12.5 Å². The monoisotopic (exact) mass is 345 g/mol. The molecule has 24 heavy (non-hydrogen) atoms. The van der Waals surface area contributed by atoms with Crippen LogP contribution in [-0.2, 0) is 0 Å².